The highest BCUT2D eigenvalue weighted by atomic mass is 16.5. The SMILES string of the molecule is CCOC(=O)C(C)(C)n1ccnn1. The summed E-state index contributed by atoms with van der Waals surface area (Å²) in [7, 11) is 0. The minimum atomic E-state index is -0.785. The first kappa shape index (κ1) is 9.70. The van der Waals surface area contributed by atoms with Crippen molar-refractivity contribution in [2.24, 2.45) is 0 Å². The van der Waals surface area contributed by atoms with E-state index in [1.165, 1.54) is 10.9 Å². The Balaban J connectivity index is 2.82. The Labute approximate surface area is 76.7 Å². The van der Waals surface area contributed by atoms with Gasteiger partial charge in [-0.15, -0.1) is 5.10 Å². The van der Waals surface area contributed by atoms with E-state index in [1.54, 1.807) is 27.0 Å². The summed E-state index contributed by atoms with van der Waals surface area (Å²) in [5.41, 5.74) is -0.785. The van der Waals surface area contributed by atoms with Crippen LogP contribution in [0, 0.1) is 0 Å². The minimum Gasteiger partial charge on any atom is -0.464 e. The molecule has 0 unspecified atom stereocenters. The van der Waals surface area contributed by atoms with Gasteiger partial charge in [0.1, 0.15) is 0 Å². The summed E-state index contributed by atoms with van der Waals surface area (Å²) in [6.45, 7) is 5.62. The number of hydrogen-bond acceptors (Lipinski definition) is 4. The van der Waals surface area contributed by atoms with Crippen LogP contribution < -0.4 is 0 Å². The van der Waals surface area contributed by atoms with Crippen LogP contribution in [0.25, 0.3) is 0 Å². The Morgan fingerprint density at radius 1 is 1.62 bits per heavy atom. The van der Waals surface area contributed by atoms with E-state index >= 15 is 0 Å². The van der Waals surface area contributed by atoms with Crippen molar-refractivity contribution in [1.82, 2.24) is 15.0 Å². The maximum atomic E-state index is 11.5. The summed E-state index contributed by atoms with van der Waals surface area (Å²) in [4.78, 5) is 11.5. The Morgan fingerprint density at radius 2 is 2.31 bits per heavy atom. The number of carbonyl (C=O) groups excluding carboxylic acids is 1. The van der Waals surface area contributed by atoms with Crippen molar-refractivity contribution in [1.29, 1.82) is 0 Å². The van der Waals surface area contributed by atoms with Gasteiger partial charge in [0.15, 0.2) is 5.54 Å². The third-order valence-electron chi connectivity index (χ3n) is 1.77. The van der Waals surface area contributed by atoms with Crippen molar-refractivity contribution in [3.05, 3.63) is 12.4 Å². The predicted molar refractivity (Wildman–Crippen MR) is 46.0 cm³/mol. The van der Waals surface area contributed by atoms with Crippen LogP contribution in [0.1, 0.15) is 20.8 Å². The second-order valence-corrected chi connectivity index (χ2v) is 3.13. The molecule has 0 aliphatic rings. The molecule has 0 atom stereocenters. The normalized spacial score (nSPS) is 11.3. The maximum Gasteiger partial charge on any atom is 0.333 e. The van der Waals surface area contributed by atoms with Crippen LogP contribution in [-0.4, -0.2) is 27.6 Å². The second kappa shape index (κ2) is 3.55. The van der Waals surface area contributed by atoms with E-state index in [9.17, 15) is 4.79 Å². The van der Waals surface area contributed by atoms with E-state index in [0.717, 1.165) is 0 Å². The van der Waals surface area contributed by atoms with E-state index in [0.29, 0.717) is 6.61 Å². The van der Waals surface area contributed by atoms with Crippen molar-refractivity contribution in [2.45, 2.75) is 26.3 Å². The quantitative estimate of drug-likeness (QED) is 0.643. The van der Waals surface area contributed by atoms with Crippen LogP contribution in [0.2, 0.25) is 0 Å². The van der Waals surface area contributed by atoms with Crippen molar-refractivity contribution in [3.63, 3.8) is 0 Å². The molecule has 5 heteroatoms. The van der Waals surface area contributed by atoms with Crippen molar-refractivity contribution in [3.8, 4) is 0 Å². The molecule has 1 rings (SSSR count). The zero-order chi connectivity index (χ0) is 9.90. The van der Waals surface area contributed by atoms with Gasteiger partial charge in [-0.3, -0.25) is 0 Å². The molecule has 0 aliphatic carbocycles. The fraction of sp³-hybridized carbons (Fsp3) is 0.625. The molecule has 0 aromatic carbocycles. The monoisotopic (exact) mass is 183 g/mol. The van der Waals surface area contributed by atoms with E-state index in [4.69, 9.17) is 4.74 Å². The highest BCUT2D eigenvalue weighted by molar-refractivity contribution is 5.77. The summed E-state index contributed by atoms with van der Waals surface area (Å²) in [6, 6.07) is 0. The van der Waals surface area contributed by atoms with Crippen LogP contribution in [0.3, 0.4) is 0 Å². The Hall–Kier alpha value is -1.39. The standard InChI is InChI=1S/C8H13N3O2/c1-4-13-7(12)8(2,3)11-6-5-9-10-11/h5-6H,4H2,1-3H3. The lowest BCUT2D eigenvalue weighted by molar-refractivity contribution is -0.152. The molecule has 1 aromatic rings. The molecule has 5 nitrogen and oxygen atoms in total. The van der Waals surface area contributed by atoms with Gasteiger partial charge >= 0.3 is 5.97 Å². The molecule has 0 aliphatic heterocycles. The summed E-state index contributed by atoms with van der Waals surface area (Å²) in [5, 5.41) is 7.39. The Morgan fingerprint density at radius 3 is 2.77 bits per heavy atom. The molecule has 1 aromatic heterocycles. The van der Waals surface area contributed by atoms with Gasteiger partial charge in [0.2, 0.25) is 0 Å². The fourth-order valence-electron chi connectivity index (χ4n) is 0.908. The van der Waals surface area contributed by atoms with Gasteiger partial charge < -0.3 is 4.74 Å². The smallest absolute Gasteiger partial charge is 0.333 e. The number of rotatable bonds is 3. The van der Waals surface area contributed by atoms with Crippen LogP contribution >= 0.6 is 0 Å². The van der Waals surface area contributed by atoms with E-state index in [1.807, 2.05) is 0 Å². The zero-order valence-corrected chi connectivity index (χ0v) is 8.02. The largest absolute Gasteiger partial charge is 0.464 e. The maximum absolute atomic E-state index is 11.5. The lowest BCUT2D eigenvalue weighted by atomic mass is 10.1. The number of esters is 1. The van der Waals surface area contributed by atoms with Gasteiger partial charge in [-0.25, -0.2) is 9.48 Å². The molecule has 13 heavy (non-hydrogen) atoms. The van der Waals surface area contributed by atoms with Crippen LogP contribution in [0.5, 0.6) is 0 Å². The average Bonchev–Trinajstić information content (AvgIpc) is 2.56. The summed E-state index contributed by atoms with van der Waals surface area (Å²) < 4.78 is 6.38. The van der Waals surface area contributed by atoms with Gasteiger partial charge in [0.25, 0.3) is 0 Å². The van der Waals surface area contributed by atoms with E-state index < -0.39 is 5.54 Å². The molecule has 1 heterocycles. The van der Waals surface area contributed by atoms with Gasteiger partial charge in [-0.1, -0.05) is 5.21 Å². The molecule has 0 saturated carbocycles. The van der Waals surface area contributed by atoms with E-state index in [-0.39, 0.29) is 5.97 Å². The second-order valence-electron chi connectivity index (χ2n) is 3.13. The predicted octanol–water partition coefficient (Wildman–Crippen LogP) is 0.576. The third-order valence-corrected chi connectivity index (χ3v) is 1.77. The van der Waals surface area contributed by atoms with Crippen LogP contribution in [-0.2, 0) is 15.1 Å². The first-order valence-corrected chi connectivity index (χ1v) is 4.13. The molecule has 0 bridgehead atoms. The summed E-state index contributed by atoms with van der Waals surface area (Å²) in [5.74, 6) is -0.305. The molecule has 0 fully saturated rings. The molecule has 0 radical (unpaired) electrons. The number of ether oxygens (including phenoxy) is 1. The van der Waals surface area contributed by atoms with Crippen LogP contribution in [0.15, 0.2) is 12.4 Å². The van der Waals surface area contributed by atoms with Gasteiger partial charge in [-0.2, -0.15) is 0 Å². The highest BCUT2D eigenvalue weighted by Crippen LogP contribution is 2.14. The van der Waals surface area contributed by atoms with Gasteiger partial charge in [0.05, 0.1) is 12.8 Å². The molecule has 72 valence electrons. The molecular weight excluding hydrogens is 170 g/mol. The number of aromatic nitrogens is 3. The minimum absolute atomic E-state index is 0.305. The van der Waals surface area contributed by atoms with Crippen molar-refractivity contribution >= 4 is 5.97 Å². The number of carbonyl (C=O) groups is 1. The van der Waals surface area contributed by atoms with Gasteiger partial charge in [-0.05, 0) is 20.8 Å². The topological polar surface area (TPSA) is 57.0 Å². The van der Waals surface area contributed by atoms with E-state index in [2.05, 4.69) is 10.3 Å². The van der Waals surface area contributed by atoms with Crippen LogP contribution in [0.4, 0.5) is 0 Å². The lowest BCUT2D eigenvalue weighted by Gasteiger charge is -2.21. The zero-order valence-electron chi connectivity index (χ0n) is 8.02. The first-order chi connectivity index (χ1) is 6.09. The molecular formula is C8H13N3O2. The Kier molecular flexibility index (Phi) is 2.65. The first-order valence-electron chi connectivity index (χ1n) is 4.13. The Bertz CT molecular complexity index is 280. The molecule has 0 N–H and O–H groups in total. The molecule has 0 amide bonds. The average molecular weight is 183 g/mol. The highest BCUT2D eigenvalue weighted by Gasteiger charge is 2.31. The van der Waals surface area contributed by atoms with Gasteiger partial charge in [0, 0.05) is 6.20 Å². The molecule has 0 saturated heterocycles. The number of nitrogens with zero attached hydrogens (tertiary/aromatic N) is 3. The summed E-state index contributed by atoms with van der Waals surface area (Å²) >= 11 is 0. The van der Waals surface area contributed by atoms with Crippen molar-refractivity contribution in [2.75, 3.05) is 6.61 Å². The fourth-order valence-corrected chi connectivity index (χ4v) is 0.908. The van der Waals surface area contributed by atoms with Crippen molar-refractivity contribution < 1.29 is 9.53 Å². The lowest BCUT2D eigenvalue weighted by Crippen LogP contribution is -2.37. The molecule has 0 spiro atoms. The number of hydrogen-bond donors (Lipinski definition) is 0. The third kappa shape index (κ3) is 1.85. The summed E-state index contributed by atoms with van der Waals surface area (Å²) in [6.07, 6.45) is 3.16.